The van der Waals surface area contributed by atoms with Gasteiger partial charge in [0.2, 0.25) is 0 Å². The molecule has 188 valence electrons. The first-order valence-corrected chi connectivity index (χ1v) is 11.6. The molecule has 8 heteroatoms. The van der Waals surface area contributed by atoms with Crippen molar-refractivity contribution in [2.75, 3.05) is 40.6 Å². The fraction of sp³-hybridized carbons (Fsp3) is 0.407. The molecule has 1 aliphatic rings. The molecule has 2 aromatic rings. The van der Waals surface area contributed by atoms with E-state index in [0.29, 0.717) is 47.5 Å². The average molecular weight is 484 g/mol. The highest BCUT2D eigenvalue weighted by Gasteiger charge is 2.46. The molecule has 0 aliphatic carbocycles. The fourth-order valence-corrected chi connectivity index (χ4v) is 3.93. The number of aliphatic hydroxyl groups is 1. The third-order valence-electron chi connectivity index (χ3n) is 5.57. The summed E-state index contributed by atoms with van der Waals surface area (Å²) < 4.78 is 22.0. The maximum Gasteiger partial charge on any atom is 0.295 e. The van der Waals surface area contributed by atoms with E-state index >= 15 is 0 Å². The number of benzene rings is 2. The van der Waals surface area contributed by atoms with Crippen LogP contribution in [0.25, 0.3) is 5.76 Å². The molecule has 1 saturated heterocycles. The van der Waals surface area contributed by atoms with Crippen LogP contribution in [0.3, 0.4) is 0 Å². The van der Waals surface area contributed by atoms with Gasteiger partial charge in [-0.05, 0) is 42.7 Å². The molecule has 1 heterocycles. The molecule has 8 nitrogen and oxygen atoms in total. The number of aliphatic hydroxyl groups excluding tert-OH is 1. The van der Waals surface area contributed by atoms with Crippen LogP contribution in [-0.2, 0) is 14.3 Å². The first-order chi connectivity index (χ1) is 16.8. The van der Waals surface area contributed by atoms with Crippen molar-refractivity contribution in [2.24, 2.45) is 5.92 Å². The number of ether oxygens (including phenoxy) is 4. The summed E-state index contributed by atoms with van der Waals surface area (Å²) in [4.78, 5) is 27.6. The van der Waals surface area contributed by atoms with Crippen LogP contribution < -0.4 is 14.2 Å². The molecule has 0 aromatic heterocycles. The summed E-state index contributed by atoms with van der Waals surface area (Å²) >= 11 is 0. The zero-order chi connectivity index (χ0) is 25.5. The molecule has 1 amide bonds. The molecule has 1 fully saturated rings. The van der Waals surface area contributed by atoms with Crippen molar-refractivity contribution in [2.45, 2.75) is 26.8 Å². The van der Waals surface area contributed by atoms with E-state index < -0.39 is 17.7 Å². The van der Waals surface area contributed by atoms with Gasteiger partial charge in [0, 0.05) is 19.2 Å². The standard InChI is InChI=1S/C27H33NO7/c1-6-34-22-15-18(10-11-21(22)33-5)24-23(26(30)27(31)28(24)12-13-32-4)25(29)19-8-7-9-20(14-19)35-16-17(2)3/h7-11,14-15,17,24,29H,6,12-13,16H2,1-5H3/b25-23-. The van der Waals surface area contributed by atoms with Crippen LogP contribution in [0, 0.1) is 5.92 Å². The molecule has 0 saturated carbocycles. The highest BCUT2D eigenvalue weighted by atomic mass is 16.5. The number of likely N-dealkylation sites (tertiary alicyclic amines) is 1. The van der Waals surface area contributed by atoms with Crippen molar-refractivity contribution in [3.05, 3.63) is 59.2 Å². The van der Waals surface area contributed by atoms with E-state index in [9.17, 15) is 14.7 Å². The molecule has 0 bridgehead atoms. The minimum atomic E-state index is -0.824. The van der Waals surface area contributed by atoms with E-state index in [0.717, 1.165) is 0 Å². The van der Waals surface area contributed by atoms with Gasteiger partial charge in [-0.1, -0.05) is 32.0 Å². The number of methoxy groups -OCH3 is 2. The number of carbonyl (C=O) groups excluding carboxylic acids is 2. The average Bonchev–Trinajstić information content (AvgIpc) is 3.11. The Morgan fingerprint density at radius 1 is 1.06 bits per heavy atom. The fourth-order valence-electron chi connectivity index (χ4n) is 3.93. The second-order valence-electron chi connectivity index (χ2n) is 8.56. The van der Waals surface area contributed by atoms with Gasteiger partial charge in [-0.3, -0.25) is 9.59 Å². The Hall–Kier alpha value is -3.52. The maximum absolute atomic E-state index is 13.2. The summed E-state index contributed by atoms with van der Waals surface area (Å²) in [5.74, 6) is 0.176. The van der Waals surface area contributed by atoms with E-state index in [4.69, 9.17) is 18.9 Å². The maximum atomic E-state index is 13.2. The quantitative estimate of drug-likeness (QED) is 0.291. The number of hydrogen-bond acceptors (Lipinski definition) is 7. The Morgan fingerprint density at radius 2 is 1.83 bits per heavy atom. The van der Waals surface area contributed by atoms with Gasteiger partial charge in [0.05, 0.1) is 38.5 Å². The van der Waals surface area contributed by atoms with Crippen molar-refractivity contribution in [3.63, 3.8) is 0 Å². The van der Waals surface area contributed by atoms with Crippen LogP contribution in [0.1, 0.15) is 37.9 Å². The Bertz CT molecular complexity index is 1090. The third kappa shape index (κ3) is 5.77. The number of ketones is 1. The third-order valence-corrected chi connectivity index (χ3v) is 5.57. The molecule has 2 aromatic carbocycles. The van der Waals surface area contributed by atoms with Gasteiger partial charge >= 0.3 is 0 Å². The minimum Gasteiger partial charge on any atom is -0.507 e. The number of nitrogens with zero attached hydrogens (tertiary/aromatic N) is 1. The van der Waals surface area contributed by atoms with Crippen LogP contribution in [-0.4, -0.2) is 62.3 Å². The lowest BCUT2D eigenvalue weighted by molar-refractivity contribution is -0.140. The van der Waals surface area contributed by atoms with Crippen LogP contribution in [0.2, 0.25) is 0 Å². The lowest BCUT2D eigenvalue weighted by atomic mass is 9.95. The minimum absolute atomic E-state index is 0.000252. The van der Waals surface area contributed by atoms with Crippen LogP contribution >= 0.6 is 0 Å². The van der Waals surface area contributed by atoms with E-state index in [2.05, 4.69) is 0 Å². The molecule has 0 spiro atoms. The Labute approximate surface area is 206 Å². The Kier molecular flexibility index (Phi) is 8.76. The van der Waals surface area contributed by atoms with Gasteiger partial charge in [0.15, 0.2) is 11.5 Å². The molecule has 1 atom stereocenters. The molecule has 0 radical (unpaired) electrons. The summed E-state index contributed by atoms with van der Waals surface area (Å²) in [5, 5.41) is 11.3. The van der Waals surface area contributed by atoms with E-state index in [1.807, 2.05) is 20.8 Å². The Morgan fingerprint density at radius 3 is 2.49 bits per heavy atom. The van der Waals surface area contributed by atoms with Crippen molar-refractivity contribution in [3.8, 4) is 17.2 Å². The SMILES string of the molecule is CCOc1cc(C2/C(=C(/O)c3cccc(OCC(C)C)c3)C(=O)C(=O)N2CCOC)ccc1OC. The molecule has 1 N–H and O–H groups in total. The normalized spacial score (nSPS) is 17.2. The summed E-state index contributed by atoms with van der Waals surface area (Å²) in [5.41, 5.74) is 0.998. The van der Waals surface area contributed by atoms with Gasteiger partial charge in [-0.25, -0.2) is 0 Å². The van der Waals surface area contributed by atoms with Crippen LogP contribution in [0.5, 0.6) is 17.2 Å². The van der Waals surface area contributed by atoms with Crippen molar-refractivity contribution >= 4 is 17.4 Å². The first-order valence-electron chi connectivity index (χ1n) is 11.6. The smallest absolute Gasteiger partial charge is 0.295 e. The number of carbonyl (C=O) groups is 2. The number of amides is 1. The van der Waals surface area contributed by atoms with Crippen LogP contribution in [0.15, 0.2) is 48.0 Å². The lowest BCUT2D eigenvalue weighted by Gasteiger charge is -2.25. The highest BCUT2D eigenvalue weighted by molar-refractivity contribution is 6.46. The van der Waals surface area contributed by atoms with Gasteiger partial charge in [-0.2, -0.15) is 0 Å². The predicted molar refractivity (Wildman–Crippen MR) is 132 cm³/mol. The second kappa shape index (κ2) is 11.8. The molecular weight excluding hydrogens is 450 g/mol. The predicted octanol–water partition coefficient (Wildman–Crippen LogP) is 4.20. The van der Waals surface area contributed by atoms with Gasteiger partial charge < -0.3 is 29.0 Å². The zero-order valence-corrected chi connectivity index (χ0v) is 20.9. The molecular formula is C27H33NO7. The van der Waals surface area contributed by atoms with Crippen molar-refractivity contribution in [1.29, 1.82) is 0 Å². The molecule has 1 unspecified atom stereocenters. The van der Waals surface area contributed by atoms with Gasteiger partial charge in [0.25, 0.3) is 11.7 Å². The van der Waals surface area contributed by atoms with E-state index in [-0.39, 0.29) is 24.5 Å². The van der Waals surface area contributed by atoms with Crippen molar-refractivity contribution in [1.82, 2.24) is 4.90 Å². The summed E-state index contributed by atoms with van der Waals surface area (Å²) in [7, 11) is 3.06. The van der Waals surface area contributed by atoms with E-state index in [1.54, 1.807) is 42.5 Å². The second-order valence-corrected chi connectivity index (χ2v) is 8.56. The lowest BCUT2D eigenvalue weighted by Crippen LogP contribution is -2.32. The van der Waals surface area contributed by atoms with Gasteiger partial charge in [0.1, 0.15) is 11.5 Å². The van der Waals surface area contributed by atoms with Crippen LogP contribution in [0.4, 0.5) is 0 Å². The largest absolute Gasteiger partial charge is 0.507 e. The summed E-state index contributed by atoms with van der Waals surface area (Å²) in [6, 6.07) is 11.2. The summed E-state index contributed by atoms with van der Waals surface area (Å²) in [6.45, 7) is 7.26. The topological polar surface area (TPSA) is 94.5 Å². The number of hydrogen-bond donors (Lipinski definition) is 1. The molecule has 3 rings (SSSR count). The van der Waals surface area contributed by atoms with Crippen molar-refractivity contribution < 1.29 is 33.6 Å². The monoisotopic (exact) mass is 483 g/mol. The zero-order valence-electron chi connectivity index (χ0n) is 20.9. The molecule has 35 heavy (non-hydrogen) atoms. The first kappa shape index (κ1) is 26.1. The number of Topliss-reactive ketones (excluding diaryl/α,β-unsaturated/α-hetero) is 1. The Balaban J connectivity index is 2.13. The highest BCUT2D eigenvalue weighted by Crippen LogP contribution is 2.42. The van der Waals surface area contributed by atoms with E-state index in [1.165, 1.54) is 19.1 Å². The molecule has 1 aliphatic heterocycles. The number of rotatable bonds is 11. The summed E-state index contributed by atoms with van der Waals surface area (Å²) in [6.07, 6.45) is 0. The van der Waals surface area contributed by atoms with Gasteiger partial charge in [-0.15, -0.1) is 0 Å².